The van der Waals surface area contributed by atoms with Crippen molar-refractivity contribution < 1.29 is 19.4 Å². The van der Waals surface area contributed by atoms with Crippen LogP contribution in [0.5, 0.6) is 5.75 Å². The van der Waals surface area contributed by atoms with E-state index >= 15 is 0 Å². The number of hydrogen-bond acceptors (Lipinski definition) is 5. The Hall–Kier alpha value is -3.25. The Kier molecular flexibility index (Phi) is 5.74. The highest BCUT2D eigenvalue weighted by Gasteiger charge is 2.44. The maximum atomic E-state index is 12.9. The minimum absolute atomic E-state index is 0.0363. The summed E-state index contributed by atoms with van der Waals surface area (Å²) in [4.78, 5) is 30.5. The molecule has 160 valence electrons. The van der Waals surface area contributed by atoms with Crippen molar-refractivity contribution in [3.8, 4) is 5.75 Å². The van der Waals surface area contributed by atoms with E-state index in [1.807, 2.05) is 68.4 Å². The number of carbonyl (C=O) groups excluding carboxylic acids is 2. The Morgan fingerprint density at radius 1 is 1.19 bits per heavy atom. The fourth-order valence-corrected chi connectivity index (χ4v) is 4.19. The number of fused-ring (bicyclic) bond motifs is 1. The average molecular weight is 418 g/mol. The van der Waals surface area contributed by atoms with E-state index in [0.717, 1.165) is 33.5 Å². The largest absolute Gasteiger partial charge is 0.489 e. The molecule has 2 aromatic carbocycles. The summed E-state index contributed by atoms with van der Waals surface area (Å²) in [6.07, 6.45) is 0.632. The summed E-state index contributed by atoms with van der Waals surface area (Å²) >= 11 is 0. The lowest BCUT2D eigenvalue weighted by molar-refractivity contribution is -0.136. The number of likely N-dealkylation sites (tertiary alicyclic amines) is 1. The van der Waals surface area contributed by atoms with Crippen molar-refractivity contribution in [2.75, 3.05) is 19.7 Å². The predicted octanol–water partition coefficient (Wildman–Crippen LogP) is 3.17. The summed E-state index contributed by atoms with van der Waals surface area (Å²) in [5, 5.41) is 10.0. The van der Waals surface area contributed by atoms with Crippen LogP contribution in [0.25, 0.3) is 10.9 Å². The maximum absolute atomic E-state index is 12.9. The first-order chi connectivity index (χ1) is 14.9. The SMILES string of the molecule is Cc1cc(COc2ccc(C3(C)CCN(CC(=O)CO)C3=O)cc2)c2ccccc2n1. The van der Waals surface area contributed by atoms with Gasteiger partial charge in [0.1, 0.15) is 19.0 Å². The van der Waals surface area contributed by atoms with Crippen molar-refractivity contribution >= 4 is 22.6 Å². The van der Waals surface area contributed by atoms with Crippen LogP contribution in [0, 0.1) is 6.92 Å². The van der Waals surface area contributed by atoms with E-state index in [9.17, 15) is 9.59 Å². The summed E-state index contributed by atoms with van der Waals surface area (Å²) in [5.41, 5.74) is 3.20. The number of carbonyl (C=O) groups is 2. The van der Waals surface area contributed by atoms with Crippen LogP contribution in [-0.2, 0) is 21.6 Å². The lowest BCUT2D eigenvalue weighted by Gasteiger charge is -2.24. The van der Waals surface area contributed by atoms with E-state index in [1.54, 1.807) is 0 Å². The van der Waals surface area contributed by atoms with Crippen molar-refractivity contribution in [2.45, 2.75) is 32.3 Å². The first-order valence-electron chi connectivity index (χ1n) is 10.4. The molecular weight excluding hydrogens is 392 g/mol. The number of ether oxygens (including phenoxy) is 1. The van der Waals surface area contributed by atoms with Crippen LogP contribution in [0.1, 0.15) is 30.2 Å². The van der Waals surface area contributed by atoms with Gasteiger partial charge in [0, 0.05) is 23.2 Å². The molecule has 6 nitrogen and oxygen atoms in total. The number of Topliss-reactive ketones (excluding diaryl/α,β-unsaturated/α-hetero) is 1. The number of para-hydroxylation sites is 1. The molecule has 0 spiro atoms. The fraction of sp³-hybridized carbons (Fsp3) is 0.320. The molecule has 1 aromatic heterocycles. The Morgan fingerprint density at radius 2 is 1.94 bits per heavy atom. The van der Waals surface area contributed by atoms with Crippen LogP contribution in [0.4, 0.5) is 0 Å². The van der Waals surface area contributed by atoms with E-state index in [-0.39, 0.29) is 18.2 Å². The standard InChI is InChI=1S/C25H26N2O4/c1-17-13-18(22-5-3-4-6-23(22)26-17)16-31-21-9-7-19(8-10-21)25(2)11-12-27(24(25)30)14-20(29)15-28/h3-10,13,28H,11-12,14-16H2,1-2H3. The van der Waals surface area contributed by atoms with Gasteiger partial charge in [0.05, 0.1) is 17.5 Å². The van der Waals surface area contributed by atoms with Crippen LogP contribution >= 0.6 is 0 Å². The molecule has 31 heavy (non-hydrogen) atoms. The molecular formula is C25H26N2O4. The van der Waals surface area contributed by atoms with E-state index < -0.39 is 12.0 Å². The van der Waals surface area contributed by atoms with Gasteiger partial charge in [-0.15, -0.1) is 0 Å². The number of aromatic nitrogens is 1. The smallest absolute Gasteiger partial charge is 0.233 e. The molecule has 3 aromatic rings. The van der Waals surface area contributed by atoms with E-state index in [2.05, 4.69) is 4.98 Å². The maximum Gasteiger partial charge on any atom is 0.233 e. The molecule has 0 radical (unpaired) electrons. The van der Waals surface area contributed by atoms with Crippen molar-refractivity contribution in [1.29, 1.82) is 0 Å². The zero-order chi connectivity index (χ0) is 22.0. The molecule has 0 bridgehead atoms. The van der Waals surface area contributed by atoms with Gasteiger partial charge >= 0.3 is 0 Å². The monoisotopic (exact) mass is 418 g/mol. The van der Waals surface area contributed by atoms with Crippen LogP contribution in [0.2, 0.25) is 0 Å². The molecule has 1 aliphatic heterocycles. The Bertz CT molecular complexity index is 1130. The van der Waals surface area contributed by atoms with Crippen molar-refractivity contribution in [3.05, 3.63) is 71.4 Å². The number of aryl methyl sites for hydroxylation is 1. The molecule has 0 saturated carbocycles. The summed E-state index contributed by atoms with van der Waals surface area (Å²) in [6, 6.07) is 17.6. The molecule has 1 amide bonds. The van der Waals surface area contributed by atoms with Gasteiger partial charge in [-0.05, 0) is 50.1 Å². The number of amides is 1. The van der Waals surface area contributed by atoms with Crippen LogP contribution in [-0.4, -0.2) is 46.4 Å². The van der Waals surface area contributed by atoms with Gasteiger partial charge in [0.2, 0.25) is 5.91 Å². The zero-order valence-corrected chi connectivity index (χ0v) is 17.8. The van der Waals surface area contributed by atoms with Gasteiger partial charge in [-0.25, -0.2) is 0 Å². The van der Waals surface area contributed by atoms with Gasteiger partial charge in [0.25, 0.3) is 0 Å². The van der Waals surface area contributed by atoms with Crippen molar-refractivity contribution in [2.24, 2.45) is 0 Å². The second-order valence-corrected chi connectivity index (χ2v) is 8.26. The van der Waals surface area contributed by atoms with Gasteiger partial charge in [-0.2, -0.15) is 0 Å². The molecule has 6 heteroatoms. The van der Waals surface area contributed by atoms with Crippen LogP contribution in [0.3, 0.4) is 0 Å². The first kappa shape index (κ1) is 21.0. The molecule has 0 aliphatic carbocycles. The lowest BCUT2D eigenvalue weighted by Crippen LogP contribution is -2.38. The molecule has 1 fully saturated rings. The molecule has 1 unspecified atom stereocenters. The van der Waals surface area contributed by atoms with E-state index in [4.69, 9.17) is 9.84 Å². The summed E-state index contributed by atoms with van der Waals surface area (Å²) in [6.45, 7) is 4.23. The quantitative estimate of drug-likeness (QED) is 0.638. The van der Waals surface area contributed by atoms with Gasteiger partial charge in [-0.3, -0.25) is 14.6 Å². The van der Waals surface area contributed by atoms with Gasteiger partial charge < -0.3 is 14.7 Å². The van der Waals surface area contributed by atoms with Gasteiger partial charge in [0.15, 0.2) is 5.78 Å². The normalized spacial score (nSPS) is 18.5. The third-order valence-corrected chi connectivity index (χ3v) is 6.00. The zero-order valence-electron chi connectivity index (χ0n) is 17.8. The molecule has 1 atom stereocenters. The average Bonchev–Trinajstić information content (AvgIpc) is 3.07. The molecule has 1 aliphatic rings. The third kappa shape index (κ3) is 4.16. The molecule has 2 heterocycles. The number of hydrogen-bond donors (Lipinski definition) is 1. The highest BCUT2D eigenvalue weighted by atomic mass is 16.5. The van der Waals surface area contributed by atoms with Crippen molar-refractivity contribution in [3.63, 3.8) is 0 Å². The highest BCUT2D eigenvalue weighted by Crippen LogP contribution is 2.36. The van der Waals surface area contributed by atoms with E-state index in [1.165, 1.54) is 4.90 Å². The number of benzene rings is 2. The van der Waals surface area contributed by atoms with Crippen LogP contribution < -0.4 is 4.74 Å². The summed E-state index contributed by atoms with van der Waals surface area (Å²) in [5.74, 6) is 0.297. The minimum Gasteiger partial charge on any atom is -0.489 e. The third-order valence-electron chi connectivity index (χ3n) is 6.00. The molecule has 1 saturated heterocycles. The topological polar surface area (TPSA) is 79.7 Å². The highest BCUT2D eigenvalue weighted by molar-refractivity contribution is 5.93. The number of rotatable bonds is 7. The Balaban J connectivity index is 1.47. The Labute approximate surface area is 181 Å². The summed E-state index contributed by atoms with van der Waals surface area (Å²) in [7, 11) is 0. The van der Waals surface area contributed by atoms with Gasteiger partial charge in [-0.1, -0.05) is 30.3 Å². The number of nitrogens with zero attached hydrogens (tertiary/aromatic N) is 2. The van der Waals surface area contributed by atoms with Crippen molar-refractivity contribution in [1.82, 2.24) is 9.88 Å². The fourth-order valence-electron chi connectivity index (χ4n) is 4.19. The second kappa shape index (κ2) is 8.47. The van der Waals surface area contributed by atoms with E-state index in [0.29, 0.717) is 19.6 Å². The minimum atomic E-state index is -0.674. The number of pyridine rings is 1. The number of ketones is 1. The second-order valence-electron chi connectivity index (χ2n) is 8.26. The van der Waals surface area contributed by atoms with Crippen LogP contribution in [0.15, 0.2) is 54.6 Å². The molecule has 4 rings (SSSR count). The number of aliphatic hydroxyl groups excluding tert-OH is 1. The Morgan fingerprint density at radius 3 is 2.68 bits per heavy atom. The number of aliphatic hydroxyl groups is 1. The lowest BCUT2D eigenvalue weighted by atomic mass is 9.81. The first-order valence-corrected chi connectivity index (χ1v) is 10.4. The predicted molar refractivity (Wildman–Crippen MR) is 118 cm³/mol. The molecule has 1 N–H and O–H groups in total. The summed E-state index contributed by atoms with van der Waals surface area (Å²) < 4.78 is 6.03.